The first-order valence-corrected chi connectivity index (χ1v) is 4.27. The van der Waals surface area contributed by atoms with Crippen LogP contribution < -0.4 is 5.32 Å². The third-order valence-corrected chi connectivity index (χ3v) is 2.14. The molecule has 2 nitrogen and oxygen atoms in total. The van der Waals surface area contributed by atoms with Gasteiger partial charge in [-0.2, -0.15) is 0 Å². The summed E-state index contributed by atoms with van der Waals surface area (Å²) in [6.07, 6.45) is 6.11. The molecule has 0 amide bonds. The lowest BCUT2D eigenvalue weighted by molar-refractivity contribution is 0.276. The van der Waals surface area contributed by atoms with Gasteiger partial charge in [-0.15, -0.1) is 0 Å². The minimum atomic E-state index is 0.359. The summed E-state index contributed by atoms with van der Waals surface area (Å²) >= 11 is 0. The Bertz CT molecular complexity index is 81.3. The summed E-state index contributed by atoms with van der Waals surface area (Å²) in [4.78, 5) is 0. The molecule has 1 fully saturated rings. The quantitative estimate of drug-likeness (QED) is 0.560. The molecule has 2 N–H and O–H groups in total. The smallest absolute Gasteiger partial charge is 0.0431 e. The van der Waals surface area contributed by atoms with Crippen LogP contribution in [0.3, 0.4) is 0 Å². The van der Waals surface area contributed by atoms with Crippen molar-refractivity contribution in [2.45, 2.75) is 38.1 Å². The van der Waals surface area contributed by atoms with Crippen molar-refractivity contribution in [2.75, 3.05) is 13.2 Å². The van der Waals surface area contributed by atoms with Crippen LogP contribution in [0.1, 0.15) is 32.1 Å². The second-order valence-corrected chi connectivity index (χ2v) is 3.01. The number of hydrogen-bond donors (Lipinski definition) is 2. The van der Waals surface area contributed by atoms with Gasteiger partial charge in [0, 0.05) is 12.6 Å². The van der Waals surface area contributed by atoms with Gasteiger partial charge in [0.2, 0.25) is 0 Å². The van der Waals surface area contributed by atoms with E-state index in [9.17, 15) is 0 Å². The van der Waals surface area contributed by atoms with Gasteiger partial charge < -0.3 is 10.4 Å². The van der Waals surface area contributed by atoms with E-state index in [0.29, 0.717) is 6.61 Å². The maximum absolute atomic E-state index is 8.49. The third kappa shape index (κ3) is 2.67. The first-order valence-electron chi connectivity index (χ1n) is 4.27. The van der Waals surface area contributed by atoms with Crippen LogP contribution in [0, 0.1) is 0 Å². The van der Waals surface area contributed by atoms with Crippen LogP contribution in [-0.2, 0) is 0 Å². The van der Waals surface area contributed by atoms with E-state index in [4.69, 9.17) is 5.11 Å². The summed E-state index contributed by atoms with van der Waals surface area (Å²) in [5.41, 5.74) is 0. The molecule has 0 aromatic carbocycles. The van der Waals surface area contributed by atoms with Gasteiger partial charge in [0.15, 0.2) is 0 Å². The Balaban J connectivity index is 1.76. The second-order valence-electron chi connectivity index (χ2n) is 3.01. The maximum Gasteiger partial charge on any atom is 0.0431 e. The molecule has 2 heteroatoms. The summed E-state index contributed by atoms with van der Waals surface area (Å²) in [6, 6.07) is 0.804. The van der Waals surface area contributed by atoms with Crippen molar-refractivity contribution in [3.05, 3.63) is 0 Å². The number of unbranched alkanes of at least 4 members (excludes halogenated alkanes) is 2. The Morgan fingerprint density at radius 1 is 1.30 bits per heavy atom. The average molecular weight is 143 g/mol. The summed E-state index contributed by atoms with van der Waals surface area (Å²) in [5, 5.41) is 11.8. The van der Waals surface area contributed by atoms with E-state index in [2.05, 4.69) is 5.32 Å². The Labute approximate surface area is 62.6 Å². The fourth-order valence-electron chi connectivity index (χ4n) is 1.27. The van der Waals surface area contributed by atoms with Gasteiger partial charge in [-0.25, -0.2) is 0 Å². The predicted octanol–water partition coefficient (Wildman–Crippen LogP) is 0.901. The fraction of sp³-hybridized carbons (Fsp3) is 1.00. The van der Waals surface area contributed by atoms with Gasteiger partial charge in [0.25, 0.3) is 0 Å². The molecule has 0 radical (unpaired) electrons. The van der Waals surface area contributed by atoms with E-state index in [1.807, 2.05) is 0 Å². The Morgan fingerprint density at radius 2 is 2.10 bits per heavy atom. The monoisotopic (exact) mass is 143 g/mol. The van der Waals surface area contributed by atoms with Crippen LogP contribution in [-0.4, -0.2) is 24.3 Å². The van der Waals surface area contributed by atoms with Crippen molar-refractivity contribution in [1.82, 2.24) is 5.32 Å². The molecule has 1 atom stereocenters. The summed E-state index contributed by atoms with van der Waals surface area (Å²) < 4.78 is 0. The van der Waals surface area contributed by atoms with Crippen LogP contribution >= 0.6 is 0 Å². The molecule has 10 heavy (non-hydrogen) atoms. The Morgan fingerprint density at radius 3 is 2.60 bits per heavy atom. The minimum Gasteiger partial charge on any atom is -0.396 e. The molecule has 1 rings (SSSR count). The highest BCUT2D eigenvalue weighted by molar-refractivity contribution is 4.76. The minimum absolute atomic E-state index is 0.359. The number of nitrogens with one attached hydrogen (secondary N) is 1. The van der Waals surface area contributed by atoms with Gasteiger partial charge in [0.1, 0.15) is 0 Å². The third-order valence-electron chi connectivity index (χ3n) is 2.14. The molecule has 1 saturated heterocycles. The number of rotatable bonds is 5. The molecule has 0 unspecified atom stereocenters. The molecule has 0 aliphatic carbocycles. The van der Waals surface area contributed by atoms with E-state index in [1.165, 1.54) is 32.2 Å². The first kappa shape index (κ1) is 8.02. The zero-order valence-corrected chi connectivity index (χ0v) is 6.47. The lowest BCUT2D eigenvalue weighted by Gasteiger charge is -2.27. The van der Waals surface area contributed by atoms with Crippen molar-refractivity contribution >= 4 is 0 Å². The molecular weight excluding hydrogens is 126 g/mol. The lowest BCUT2D eigenvalue weighted by Crippen LogP contribution is -2.42. The lowest BCUT2D eigenvalue weighted by atomic mass is 10.0. The maximum atomic E-state index is 8.49. The standard InChI is InChI=1S/C8H17NO/c10-7-3-1-2-4-8-5-6-9-8/h8-10H,1-7H2/t8-/m1/s1. The van der Waals surface area contributed by atoms with Crippen molar-refractivity contribution < 1.29 is 5.11 Å². The largest absolute Gasteiger partial charge is 0.396 e. The Hall–Kier alpha value is -0.0800. The highest BCUT2D eigenvalue weighted by atomic mass is 16.2. The molecule has 1 heterocycles. The van der Waals surface area contributed by atoms with E-state index in [1.54, 1.807) is 0 Å². The molecule has 1 aliphatic heterocycles. The molecule has 0 spiro atoms. The molecular formula is C8H17NO. The van der Waals surface area contributed by atoms with E-state index in [-0.39, 0.29) is 0 Å². The molecule has 1 aliphatic rings. The second kappa shape index (κ2) is 4.69. The number of aliphatic hydroxyl groups excluding tert-OH is 1. The van der Waals surface area contributed by atoms with E-state index >= 15 is 0 Å². The predicted molar refractivity (Wildman–Crippen MR) is 42.0 cm³/mol. The van der Waals surface area contributed by atoms with Crippen molar-refractivity contribution in [1.29, 1.82) is 0 Å². The topological polar surface area (TPSA) is 32.3 Å². The van der Waals surface area contributed by atoms with Crippen LogP contribution in [0.2, 0.25) is 0 Å². The molecule has 0 bridgehead atoms. The normalized spacial score (nSPS) is 24.3. The summed E-state index contributed by atoms with van der Waals surface area (Å²) in [6.45, 7) is 1.57. The van der Waals surface area contributed by atoms with Gasteiger partial charge in [-0.05, 0) is 25.8 Å². The van der Waals surface area contributed by atoms with Gasteiger partial charge in [0.05, 0.1) is 0 Å². The average Bonchev–Trinajstić information content (AvgIpc) is 1.84. The van der Waals surface area contributed by atoms with Gasteiger partial charge in [-0.1, -0.05) is 12.8 Å². The van der Waals surface area contributed by atoms with E-state index in [0.717, 1.165) is 12.5 Å². The molecule has 0 aromatic heterocycles. The number of hydrogen-bond acceptors (Lipinski definition) is 2. The summed E-state index contributed by atoms with van der Waals surface area (Å²) in [5.74, 6) is 0. The summed E-state index contributed by atoms with van der Waals surface area (Å²) in [7, 11) is 0. The van der Waals surface area contributed by atoms with Crippen LogP contribution in [0.25, 0.3) is 0 Å². The zero-order chi connectivity index (χ0) is 7.23. The van der Waals surface area contributed by atoms with Gasteiger partial charge in [-0.3, -0.25) is 0 Å². The first-order chi connectivity index (χ1) is 4.93. The zero-order valence-electron chi connectivity index (χ0n) is 6.47. The Kier molecular flexibility index (Phi) is 3.76. The van der Waals surface area contributed by atoms with Gasteiger partial charge >= 0.3 is 0 Å². The SMILES string of the molecule is OCCCCC[C@@H]1CCN1. The highest BCUT2D eigenvalue weighted by Crippen LogP contribution is 2.11. The molecule has 0 saturated carbocycles. The van der Waals surface area contributed by atoms with Crippen LogP contribution in [0.5, 0.6) is 0 Å². The van der Waals surface area contributed by atoms with Crippen molar-refractivity contribution in [3.8, 4) is 0 Å². The highest BCUT2D eigenvalue weighted by Gasteiger charge is 2.14. The molecule has 0 aromatic rings. The molecule has 60 valence electrons. The van der Waals surface area contributed by atoms with Crippen LogP contribution in [0.4, 0.5) is 0 Å². The van der Waals surface area contributed by atoms with Crippen molar-refractivity contribution in [2.24, 2.45) is 0 Å². The number of aliphatic hydroxyl groups is 1. The fourth-order valence-corrected chi connectivity index (χ4v) is 1.27. The van der Waals surface area contributed by atoms with Crippen molar-refractivity contribution in [3.63, 3.8) is 0 Å². The van der Waals surface area contributed by atoms with E-state index < -0.39 is 0 Å². The van der Waals surface area contributed by atoms with Crippen LogP contribution in [0.15, 0.2) is 0 Å².